The van der Waals surface area contributed by atoms with Crippen molar-refractivity contribution in [1.82, 2.24) is 10.2 Å². The number of nitrogens with zero attached hydrogens (tertiary/aromatic N) is 1. The fraction of sp³-hybridized carbons (Fsp3) is 0.500. The van der Waals surface area contributed by atoms with Crippen LogP contribution in [0.5, 0.6) is 0 Å². The van der Waals surface area contributed by atoms with Crippen molar-refractivity contribution in [2.75, 3.05) is 19.6 Å². The zero-order chi connectivity index (χ0) is 16.0. The summed E-state index contributed by atoms with van der Waals surface area (Å²) in [5.74, 6) is -0.203. The van der Waals surface area contributed by atoms with Gasteiger partial charge in [0.15, 0.2) is 0 Å². The molecule has 0 aliphatic heterocycles. The molecule has 5 heteroatoms. The maximum Gasteiger partial charge on any atom is 0.253 e. The molecule has 0 radical (unpaired) electrons. The Morgan fingerprint density at radius 3 is 2.00 bits per heavy atom. The number of carbonyl (C=O) groups is 2. The van der Waals surface area contributed by atoms with Crippen LogP contribution in [0.25, 0.3) is 0 Å². The van der Waals surface area contributed by atoms with Crippen molar-refractivity contribution in [2.24, 2.45) is 5.73 Å². The number of nitrogens with two attached hydrogens (primary N) is 1. The second-order valence-electron chi connectivity index (χ2n) is 5.73. The average Bonchev–Trinajstić information content (AvgIpc) is 2.45. The first-order valence-corrected chi connectivity index (χ1v) is 7.25. The maximum absolute atomic E-state index is 12.2. The molecular weight excluding hydrogens is 266 g/mol. The number of benzene rings is 1. The van der Waals surface area contributed by atoms with E-state index in [-0.39, 0.29) is 11.8 Å². The lowest BCUT2D eigenvalue weighted by Gasteiger charge is -2.19. The van der Waals surface area contributed by atoms with Crippen LogP contribution in [0.3, 0.4) is 0 Å². The Bertz CT molecular complexity index is 485. The third kappa shape index (κ3) is 5.19. The normalized spacial score (nSPS) is 11.1. The topological polar surface area (TPSA) is 75.4 Å². The molecule has 5 nitrogen and oxygen atoms in total. The predicted molar refractivity (Wildman–Crippen MR) is 84.3 cm³/mol. The summed E-state index contributed by atoms with van der Waals surface area (Å²) in [6, 6.07) is 6.69. The molecule has 0 atom stereocenters. The van der Waals surface area contributed by atoms with E-state index >= 15 is 0 Å². The standard InChI is InChI=1S/C16H25N3O2/c1-5-19(6-2)15(21)13-9-7-12(8-10-13)14(20)18-11-16(3,4)17/h7-10H,5-6,11,17H2,1-4H3,(H,18,20). The zero-order valence-corrected chi connectivity index (χ0v) is 13.3. The molecule has 0 spiro atoms. The summed E-state index contributed by atoms with van der Waals surface area (Å²) in [7, 11) is 0. The molecule has 0 saturated carbocycles. The quantitative estimate of drug-likeness (QED) is 0.836. The van der Waals surface area contributed by atoms with Crippen LogP contribution in [0, 0.1) is 0 Å². The summed E-state index contributed by atoms with van der Waals surface area (Å²) in [5.41, 5.74) is 6.49. The van der Waals surface area contributed by atoms with Gasteiger partial charge in [-0.15, -0.1) is 0 Å². The van der Waals surface area contributed by atoms with Crippen molar-refractivity contribution in [2.45, 2.75) is 33.2 Å². The van der Waals surface area contributed by atoms with Gasteiger partial charge in [-0.3, -0.25) is 9.59 Å². The van der Waals surface area contributed by atoms with Gasteiger partial charge in [0.2, 0.25) is 0 Å². The van der Waals surface area contributed by atoms with Gasteiger partial charge in [-0.2, -0.15) is 0 Å². The Labute approximate surface area is 126 Å². The Hall–Kier alpha value is -1.88. The van der Waals surface area contributed by atoms with Gasteiger partial charge in [0.05, 0.1) is 0 Å². The third-order valence-electron chi connectivity index (χ3n) is 3.15. The van der Waals surface area contributed by atoms with E-state index in [0.29, 0.717) is 30.8 Å². The van der Waals surface area contributed by atoms with Crippen LogP contribution in [0.1, 0.15) is 48.4 Å². The molecular formula is C16H25N3O2. The molecule has 0 aliphatic rings. The first-order valence-electron chi connectivity index (χ1n) is 7.25. The molecule has 2 amide bonds. The van der Waals surface area contributed by atoms with Crippen molar-refractivity contribution < 1.29 is 9.59 Å². The molecule has 1 aromatic carbocycles. The van der Waals surface area contributed by atoms with Gasteiger partial charge in [0, 0.05) is 36.3 Å². The van der Waals surface area contributed by atoms with Crippen LogP contribution in [0.15, 0.2) is 24.3 Å². The summed E-state index contributed by atoms with van der Waals surface area (Å²) in [5, 5.41) is 2.77. The largest absolute Gasteiger partial charge is 0.350 e. The van der Waals surface area contributed by atoms with E-state index < -0.39 is 5.54 Å². The number of nitrogens with one attached hydrogen (secondary N) is 1. The molecule has 3 N–H and O–H groups in total. The van der Waals surface area contributed by atoms with Crippen LogP contribution >= 0.6 is 0 Å². The van der Waals surface area contributed by atoms with E-state index in [1.165, 1.54) is 0 Å². The monoisotopic (exact) mass is 291 g/mol. The molecule has 0 aromatic heterocycles. The van der Waals surface area contributed by atoms with Gasteiger partial charge in [-0.1, -0.05) is 0 Å². The molecule has 0 heterocycles. The van der Waals surface area contributed by atoms with E-state index in [1.807, 2.05) is 27.7 Å². The predicted octanol–water partition coefficient (Wildman–Crippen LogP) is 1.64. The van der Waals surface area contributed by atoms with Crippen LogP contribution in [-0.2, 0) is 0 Å². The highest BCUT2D eigenvalue weighted by Gasteiger charge is 2.15. The minimum atomic E-state index is -0.450. The lowest BCUT2D eigenvalue weighted by atomic mass is 10.1. The highest BCUT2D eigenvalue weighted by atomic mass is 16.2. The maximum atomic E-state index is 12.2. The second kappa shape index (κ2) is 7.22. The minimum Gasteiger partial charge on any atom is -0.350 e. The Kier molecular flexibility index (Phi) is 5.90. The van der Waals surface area contributed by atoms with E-state index in [1.54, 1.807) is 29.2 Å². The summed E-state index contributed by atoms with van der Waals surface area (Å²) in [6.45, 7) is 9.31. The van der Waals surface area contributed by atoms with Crippen LogP contribution < -0.4 is 11.1 Å². The van der Waals surface area contributed by atoms with Gasteiger partial charge in [-0.05, 0) is 52.0 Å². The number of hydrogen-bond donors (Lipinski definition) is 2. The van der Waals surface area contributed by atoms with Crippen molar-refractivity contribution in [3.05, 3.63) is 35.4 Å². The van der Waals surface area contributed by atoms with E-state index in [4.69, 9.17) is 5.73 Å². The second-order valence-corrected chi connectivity index (χ2v) is 5.73. The van der Waals surface area contributed by atoms with Crippen LogP contribution in [0.4, 0.5) is 0 Å². The van der Waals surface area contributed by atoms with Crippen molar-refractivity contribution in [1.29, 1.82) is 0 Å². The average molecular weight is 291 g/mol. The van der Waals surface area contributed by atoms with Crippen molar-refractivity contribution >= 4 is 11.8 Å². The Morgan fingerprint density at radius 2 is 1.57 bits per heavy atom. The molecule has 0 unspecified atom stereocenters. The van der Waals surface area contributed by atoms with E-state index in [0.717, 1.165) is 0 Å². The summed E-state index contributed by atoms with van der Waals surface area (Å²) >= 11 is 0. The third-order valence-corrected chi connectivity index (χ3v) is 3.15. The fourth-order valence-corrected chi connectivity index (χ4v) is 1.87. The SMILES string of the molecule is CCN(CC)C(=O)c1ccc(C(=O)NCC(C)(C)N)cc1. The molecule has 0 bridgehead atoms. The summed E-state index contributed by atoms with van der Waals surface area (Å²) < 4.78 is 0. The molecule has 116 valence electrons. The molecule has 0 fully saturated rings. The molecule has 0 saturated heterocycles. The molecule has 21 heavy (non-hydrogen) atoms. The number of carbonyl (C=O) groups excluding carboxylic acids is 2. The summed E-state index contributed by atoms with van der Waals surface area (Å²) in [4.78, 5) is 25.9. The number of amides is 2. The first-order chi connectivity index (χ1) is 9.78. The number of rotatable bonds is 6. The van der Waals surface area contributed by atoms with Gasteiger partial charge < -0.3 is 16.0 Å². The lowest BCUT2D eigenvalue weighted by Crippen LogP contribution is -2.45. The van der Waals surface area contributed by atoms with Gasteiger partial charge in [0.25, 0.3) is 11.8 Å². The van der Waals surface area contributed by atoms with E-state index in [9.17, 15) is 9.59 Å². The van der Waals surface area contributed by atoms with Crippen LogP contribution in [0.2, 0.25) is 0 Å². The van der Waals surface area contributed by atoms with Crippen LogP contribution in [-0.4, -0.2) is 41.9 Å². The molecule has 1 rings (SSSR count). The molecule has 1 aromatic rings. The number of hydrogen-bond acceptors (Lipinski definition) is 3. The zero-order valence-electron chi connectivity index (χ0n) is 13.3. The highest BCUT2D eigenvalue weighted by Crippen LogP contribution is 2.08. The summed E-state index contributed by atoms with van der Waals surface area (Å²) in [6.07, 6.45) is 0. The Morgan fingerprint density at radius 1 is 1.10 bits per heavy atom. The first kappa shape index (κ1) is 17.2. The smallest absolute Gasteiger partial charge is 0.253 e. The van der Waals surface area contributed by atoms with Gasteiger partial charge >= 0.3 is 0 Å². The van der Waals surface area contributed by atoms with Gasteiger partial charge in [0.1, 0.15) is 0 Å². The van der Waals surface area contributed by atoms with Gasteiger partial charge in [-0.25, -0.2) is 0 Å². The molecule has 0 aliphatic carbocycles. The van der Waals surface area contributed by atoms with E-state index in [2.05, 4.69) is 5.32 Å². The lowest BCUT2D eigenvalue weighted by molar-refractivity contribution is 0.0772. The highest BCUT2D eigenvalue weighted by molar-refractivity contribution is 5.97. The Balaban J connectivity index is 2.74. The fourth-order valence-electron chi connectivity index (χ4n) is 1.87. The van der Waals surface area contributed by atoms with Crippen molar-refractivity contribution in [3.8, 4) is 0 Å². The van der Waals surface area contributed by atoms with Crippen molar-refractivity contribution in [3.63, 3.8) is 0 Å². The minimum absolute atomic E-state index is 0.0185.